The Morgan fingerprint density at radius 1 is 1.26 bits per heavy atom. The standard InChI is InChI=1S/C18H28O/c1-14(8-9-15(2)13-19)10-11-17-16(3)7-6-12-18(17,4)5/h8-11,19H,6-7,12-13H2,1-5H3/b11-10+,14-8+,15-9+. The molecular formula is C18H28O. The number of hydrogen-bond donors (Lipinski definition) is 1. The number of allylic oxidation sites excluding steroid dienone is 7. The summed E-state index contributed by atoms with van der Waals surface area (Å²) < 4.78 is 0. The van der Waals surface area contributed by atoms with Gasteiger partial charge in [0.25, 0.3) is 0 Å². The van der Waals surface area contributed by atoms with E-state index in [9.17, 15) is 0 Å². The summed E-state index contributed by atoms with van der Waals surface area (Å²) in [5, 5.41) is 8.96. The van der Waals surface area contributed by atoms with Gasteiger partial charge < -0.3 is 5.11 Å². The molecule has 0 amide bonds. The fraction of sp³-hybridized carbons (Fsp3) is 0.556. The molecule has 0 fully saturated rings. The summed E-state index contributed by atoms with van der Waals surface area (Å²) in [6.45, 7) is 11.1. The van der Waals surface area contributed by atoms with Crippen LogP contribution in [0.1, 0.15) is 53.9 Å². The molecule has 0 heterocycles. The first-order chi connectivity index (χ1) is 8.86. The molecule has 0 saturated carbocycles. The van der Waals surface area contributed by atoms with Crippen molar-refractivity contribution in [2.75, 3.05) is 6.61 Å². The predicted octanol–water partition coefficient (Wildman–Crippen LogP) is 4.95. The maximum Gasteiger partial charge on any atom is 0.0642 e. The topological polar surface area (TPSA) is 20.2 Å². The number of hydrogen-bond acceptors (Lipinski definition) is 1. The van der Waals surface area contributed by atoms with Crippen LogP contribution >= 0.6 is 0 Å². The normalized spacial score (nSPS) is 21.4. The highest BCUT2D eigenvalue weighted by molar-refractivity contribution is 5.36. The van der Waals surface area contributed by atoms with Crippen LogP contribution in [0.5, 0.6) is 0 Å². The highest BCUT2D eigenvalue weighted by Crippen LogP contribution is 2.40. The molecule has 0 aromatic rings. The van der Waals surface area contributed by atoms with Gasteiger partial charge in [-0.1, -0.05) is 49.3 Å². The lowest BCUT2D eigenvalue weighted by atomic mass is 9.72. The van der Waals surface area contributed by atoms with Crippen molar-refractivity contribution in [1.82, 2.24) is 0 Å². The average molecular weight is 260 g/mol. The molecule has 1 rings (SSSR count). The highest BCUT2D eigenvalue weighted by Gasteiger charge is 2.26. The smallest absolute Gasteiger partial charge is 0.0642 e. The molecule has 1 nitrogen and oxygen atoms in total. The van der Waals surface area contributed by atoms with Gasteiger partial charge in [-0.3, -0.25) is 0 Å². The third-order valence-electron chi connectivity index (χ3n) is 3.94. The van der Waals surface area contributed by atoms with Crippen molar-refractivity contribution in [3.8, 4) is 0 Å². The van der Waals surface area contributed by atoms with Gasteiger partial charge in [0.2, 0.25) is 0 Å². The molecule has 0 aromatic carbocycles. The minimum absolute atomic E-state index is 0.130. The van der Waals surface area contributed by atoms with Crippen molar-refractivity contribution < 1.29 is 5.11 Å². The van der Waals surface area contributed by atoms with E-state index in [0.717, 1.165) is 5.57 Å². The molecule has 0 aliphatic heterocycles. The van der Waals surface area contributed by atoms with Crippen LogP contribution in [0.3, 0.4) is 0 Å². The molecule has 0 spiro atoms. The third-order valence-corrected chi connectivity index (χ3v) is 3.94. The van der Waals surface area contributed by atoms with Crippen LogP contribution in [-0.4, -0.2) is 11.7 Å². The molecule has 0 atom stereocenters. The summed E-state index contributed by atoms with van der Waals surface area (Å²) in [6.07, 6.45) is 12.3. The SMILES string of the molecule is CC1=C(/C=C/C(C)=C/C=C(\C)CO)C(C)(C)CCC1. The Balaban J connectivity index is 2.86. The van der Waals surface area contributed by atoms with Crippen LogP contribution < -0.4 is 0 Å². The van der Waals surface area contributed by atoms with Crippen molar-refractivity contribution in [2.24, 2.45) is 5.41 Å². The Morgan fingerprint density at radius 3 is 2.53 bits per heavy atom. The summed E-state index contributed by atoms with van der Waals surface area (Å²) in [5.41, 5.74) is 5.53. The lowest BCUT2D eigenvalue weighted by molar-refractivity contribution is 0.331. The molecule has 1 aliphatic rings. The molecule has 0 aromatic heterocycles. The Hall–Kier alpha value is -1.08. The van der Waals surface area contributed by atoms with E-state index in [1.165, 1.54) is 36.0 Å². The second kappa shape index (κ2) is 6.91. The first kappa shape index (κ1) is 16.0. The molecule has 0 unspecified atom stereocenters. The molecule has 0 saturated heterocycles. The number of aliphatic hydroxyl groups is 1. The molecule has 1 heteroatoms. The molecule has 1 aliphatic carbocycles. The molecule has 0 radical (unpaired) electrons. The Kier molecular flexibility index (Phi) is 5.81. The fourth-order valence-electron chi connectivity index (χ4n) is 2.61. The summed E-state index contributed by atoms with van der Waals surface area (Å²) in [5.74, 6) is 0. The maximum atomic E-state index is 8.96. The van der Waals surface area contributed by atoms with Crippen LogP contribution in [0, 0.1) is 5.41 Å². The van der Waals surface area contributed by atoms with Gasteiger partial charge in [-0.2, -0.15) is 0 Å². The van der Waals surface area contributed by atoms with Gasteiger partial charge in [-0.15, -0.1) is 0 Å². The summed E-state index contributed by atoms with van der Waals surface area (Å²) >= 11 is 0. The van der Waals surface area contributed by atoms with Gasteiger partial charge in [0.1, 0.15) is 0 Å². The fourth-order valence-corrected chi connectivity index (χ4v) is 2.61. The highest BCUT2D eigenvalue weighted by atomic mass is 16.3. The molecule has 0 bridgehead atoms. The molecular weight excluding hydrogens is 232 g/mol. The lowest BCUT2D eigenvalue weighted by Gasteiger charge is -2.32. The van der Waals surface area contributed by atoms with Crippen molar-refractivity contribution in [3.63, 3.8) is 0 Å². The van der Waals surface area contributed by atoms with Gasteiger partial charge in [-0.05, 0) is 56.6 Å². The lowest BCUT2D eigenvalue weighted by Crippen LogP contribution is -2.19. The van der Waals surface area contributed by atoms with E-state index in [1.807, 2.05) is 13.0 Å². The quantitative estimate of drug-likeness (QED) is 0.709. The third kappa shape index (κ3) is 4.83. The monoisotopic (exact) mass is 260 g/mol. The van der Waals surface area contributed by atoms with Crippen molar-refractivity contribution in [2.45, 2.75) is 53.9 Å². The summed E-state index contributed by atoms with van der Waals surface area (Å²) in [4.78, 5) is 0. The van der Waals surface area contributed by atoms with Crippen molar-refractivity contribution >= 4 is 0 Å². The van der Waals surface area contributed by atoms with E-state index in [0.29, 0.717) is 5.41 Å². The van der Waals surface area contributed by atoms with Gasteiger partial charge in [0.05, 0.1) is 6.61 Å². The molecule has 19 heavy (non-hydrogen) atoms. The zero-order chi connectivity index (χ0) is 14.5. The van der Waals surface area contributed by atoms with Crippen LogP contribution in [-0.2, 0) is 0 Å². The van der Waals surface area contributed by atoms with Gasteiger partial charge in [-0.25, -0.2) is 0 Å². The number of aliphatic hydroxyl groups excluding tert-OH is 1. The van der Waals surface area contributed by atoms with E-state index in [2.05, 4.69) is 45.9 Å². The van der Waals surface area contributed by atoms with Crippen molar-refractivity contribution in [1.29, 1.82) is 0 Å². The second-order valence-corrected chi connectivity index (χ2v) is 6.35. The van der Waals surface area contributed by atoms with Crippen LogP contribution in [0.25, 0.3) is 0 Å². The summed E-state index contributed by atoms with van der Waals surface area (Å²) in [7, 11) is 0. The van der Waals surface area contributed by atoms with E-state index in [1.54, 1.807) is 0 Å². The second-order valence-electron chi connectivity index (χ2n) is 6.35. The van der Waals surface area contributed by atoms with E-state index >= 15 is 0 Å². The van der Waals surface area contributed by atoms with E-state index in [4.69, 9.17) is 5.11 Å². The Labute approximate surface area is 118 Å². The largest absolute Gasteiger partial charge is 0.392 e. The molecule has 106 valence electrons. The zero-order valence-electron chi connectivity index (χ0n) is 13.1. The van der Waals surface area contributed by atoms with E-state index < -0.39 is 0 Å². The van der Waals surface area contributed by atoms with Crippen LogP contribution in [0.4, 0.5) is 0 Å². The van der Waals surface area contributed by atoms with Crippen molar-refractivity contribution in [3.05, 3.63) is 46.6 Å². The van der Waals surface area contributed by atoms with E-state index in [-0.39, 0.29) is 6.61 Å². The number of rotatable bonds is 4. The average Bonchev–Trinajstić information content (AvgIpc) is 2.34. The molecule has 1 N–H and O–H groups in total. The minimum atomic E-state index is 0.130. The minimum Gasteiger partial charge on any atom is -0.392 e. The Morgan fingerprint density at radius 2 is 1.95 bits per heavy atom. The van der Waals surface area contributed by atoms with Gasteiger partial charge >= 0.3 is 0 Å². The first-order valence-electron chi connectivity index (χ1n) is 7.20. The Bertz CT molecular complexity index is 431. The predicted molar refractivity (Wildman–Crippen MR) is 84.1 cm³/mol. The maximum absolute atomic E-state index is 8.96. The van der Waals surface area contributed by atoms with Gasteiger partial charge in [0.15, 0.2) is 0 Å². The summed E-state index contributed by atoms with van der Waals surface area (Å²) in [6, 6.07) is 0. The van der Waals surface area contributed by atoms with Crippen LogP contribution in [0.2, 0.25) is 0 Å². The van der Waals surface area contributed by atoms with Gasteiger partial charge in [0, 0.05) is 0 Å². The zero-order valence-corrected chi connectivity index (χ0v) is 13.1. The van der Waals surface area contributed by atoms with Crippen LogP contribution in [0.15, 0.2) is 46.6 Å². The first-order valence-corrected chi connectivity index (χ1v) is 7.20.